The van der Waals surface area contributed by atoms with Crippen molar-refractivity contribution in [3.8, 4) is 0 Å². The van der Waals surface area contributed by atoms with Gasteiger partial charge in [0.05, 0.1) is 5.69 Å². The lowest BCUT2D eigenvalue weighted by atomic mass is 10.3. The van der Waals surface area contributed by atoms with Crippen LogP contribution in [0, 0.1) is 11.6 Å². The Bertz CT molecular complexity index is 622. The highest BCUT2D eigenvalue weighted by Crippen LogP contribution is 2.23. The molecular weight excluding hydrogens is 294 g/mol. The van der Waals surface area contributed by atoms with E-state index in [1.54, 1.807) is 6.07 Å². The second-order valence-corrected chi connectivity index (χ2v) is 5.07. The maximum absolute atomic E-state index is 13.7. The lowest BCUT2D eigenvalue weighted by Crippen LogP contribution is -2.05. The van der Waals surface area contributed by atoms with Crippen LogP contribution in [0.4, 0.5) is 26.1 Å². The van der Waals surface area contributed by atoms with Gasteiger partial charge in [0.15, 0.2) is 5.16 Å². The van der Waals surface area contributed by atoms with E-state index < -0.39 is 11.6 Å². The molecule has 21 heavy (non-hydrogen) atoms. The number of anilines is 3. The van der Waals surface area contributed by atoms with Crippen molar-refractivity contribution in [3.05, 3.63) is 35.9 Å². The first-order valence-electron chi connectivity index (χ1n) is 6.51. The van der Waals surface area contributed by atoms with E-state index in [9.17, 15) is 8.78 Å². The molecule has 2 N–H and O–H groups in total. The molecule has 0 aliphatic rings. The van der Waals surface area contributed by atoms with Gasteiger partial charge < -0.3 is 10.6 Å². The van der Waals surface area contributed by atoms with Crippen LogP contribution in [0.2, 0.25) is 0 Å². The zero-order valence-electron chi connectivity index (χ0n) is 11.8. The smallest absolute Gasteiger partial charge is 0.191 e. The van der Waals surface area contributed by atoms with Crippen molar-refractivity contribution in [1.29, 1.82) is 0 Å². The number of nitrogens with one attached hydrogen (secondary N) is 2. The summed E-state index contributed by atoms with van der Waals surface area (Å²) in [7, 11) is 0. The molecule has 7 heteroatoms. The van der Waals surface area contributed by atoms with Crippen molar-refractivity contribution >= 4 is 29.1 Å². The van der Waals surface area contributed by atoms with Gasteiger partial charge >= 0.3 is 0 Å². The highest BCUT2D eigenvalue weighted by Gasteiger charge is 2.08. The fourth-order valence-corrected chi connectivity index (χ4v) is 2.03. The van der Waals surface area contributed by atoms with Gasteiger partial charge in [0.1, 0.15) is 23.3 Å². The molecular formula is C14H16F2N4S. The van der Waals surface area contributed by atoms with E-state index in [1.807, 2.05) is 6.26 Å². The first-order valence-corrected chi connectivity index (χ1v) is 7.74. The topological polar surface area (TPSA) is 49.8 Å². The summed E-state index contributed by atoms with van der Waals surface area (Å²) in [6, 6.07) is 5.05. The van der Waals surface area contributed by atoms with E-state index in [1.165, 1.54) is 23.9 Å². The van der Waals surface area contributed by atoms with Gasteiger partial charge in [-0.25, -0.2) is 18.7 Å². The Balaban J connectivity index is 2.25. The van der Waals surface area contributed by atoms with Crippen molar-refractivity contribution in [2.24, 2.45) is 0 Å². The standard InChI is InChI=1S/C14H16F2N4S/c1-3-6-17-12-8-13(20-14(19-12)21-2)18-11-5-4-9(15)7-10(11)16/h4-5,7-8H,3,6H2,1-2H3,(H2,17,18,19,20). The molecule has 0 aliphatic carbocycles. The molecule has 0 saturated heterocycles. The van der Waals surface area contributed by atoms with Crippen LogP contribution >= 0.6 is 11.8 Å². The number of nitrogens with zero attached hydrogens (tertiary/aromatic N) is 2. The molecule has 0 bridgehead atoms. The van der Waals surface area contributed by atoms with Crippen LogP contribution in [0.25, 0.3) is 0 Å². The minimum Gasteiger partial charge on any atom is -0.370 e. The summed E-state index contributed by atoms with van der Waals surface area (Å²) in [5.41, 5.74) is 0.170. The third-order valence-corrected chi connectivity index (χ3v) is 3.19. The quantitative estimate of drug-likeness (QED) is 0.623. The number of aromatic nitrogens is 2. The SMILES string of the molecule is CCCNc1cc(Nc2ccc(F)cc2F)nc(SC)n1. The molecule has 0 fully saturated rings. The summed E-state index contributed by atoms with van der Waals surface area (Å²) in [5, 5.41) is 6.58. The summed E-state index contributed by atoms with van der Waals surface area (Å²) >= 11 is 1.39. The third kappa shape index (κ3) is 4.29. The van der Waals surface area contributed by atoms with Crippen molar-refractivity contribution in [1.82, 2.24) is 9.97 Å². The lowest BCUT2D eigenvalue weighted by molar-refractivity contribution is 0.586. The molecule has 112 valence electrons. The number of rotatable bonds is 6. The van der Waals surface area contributed by atoms with E-state index in [0.717, 1.165) is 19.0 Å². The van der Waals surface area contributed by atoms with Crippen molar-refractivity contribution < 1.29 is 8.78 Å². The van der Waals surface area contributed by atoms with Crippen LogP contribution in [0.3, 0.4) is 0 Å². The second-order valence-electron chi connectivity index (χ2n) is 4.30. The maximum atomic E-state index is 13.7. The van der Waals surface area contributed by atoms with Gasteiger partial charge in [-0.05, 0) is 24.8 Å². The fourth-order valence-electron chi connectivity index (χ4n) is 1.65. The highest BCUT2D eigenvalue weighted by atomic mass is 32.2. The summed E-state index contributed by atoms with van der Waals surface area (Å²) in [6.45, 7) is 2.84. The average molecular weight is 310 g/mol. The van der Waals surface area contributed by atoms with Crippen LogP contribution in [-0.4, -0.2) is 22.8 Å². The minimum atomic E-state index is -0.664. The molecule has 0 radical (unpaired) electrons. The van der Waals surface area contributed by atoms with Crippen molar-refractivity contribution in [2.75, 3.05) is 23.4 Å². The molecule has 0 amide bonds. The number of halogens is 2. The van der Waals surface area contributed by atoms with E-state index >= 15 is 0 Å². The van der Waals surface area contributed by atoms with Crippen molar-refractivity contribution in [2.45, 2.75) is 18.5 Å². The molecule has 0 spiro atoms. The predicted molar refractivity (Wildman–Crippen MR) is 82.2 cm³/mol. The molecule has 1 aromatic carbocycles. The lowest BCUT2D eigenvalue weighted by Gasteiger charge is -2.10. The van der Waals surface area contributed by atoms with Gasteiger partial charge in [0.25, 0.3) is 0 Å². The number of hydrogen-bond donors (Lipinski definition) is 2. The summed E-state index contributed by atoms with van der Waals surface area (Å²) in [4.78, 5) is 8.57. The summed E-state index contributed by atoms with van der Waals surface area (Å²) in [5.74, 6) is -0.155. The van der Waals surface area contributed by atoms with E-state index in [2.05, 4.69) is 27.5 Å². The summed E-state index contributed by atoms with van der Waals surface area (Å²) < 4.78 is 26.6. The number of hydrogen-bond acceptors (Lipinski definition) is 5. The van der Waals surface area contributed by atoms with Gasteiger partial charge in [-0.3, -0.25) is 0 Å². The molecule has 0 aliphatic heterocycles. The van der Waals surface area contributed by atoms with Gasteiger partial charge in [0.2, 0.25) is 0 Å². The molecule has 1 aromatic heterocycles. The molecule has 0 unspecified atom stereocenters. The molecule has 4 nitrogen and oxygen atoms in total. The average Bonchev–Trinajstić information content (AvgIpc) is 2.48. The Morgan fingerprint density at radius 1 is 1.14 bits per heavy atom. The van der Waals surface area contributed by atoms with E-state index in [-0.39, 0.29) is 5.69 Å². The van der Waals surface area contributed by atoms with Crippen LogP contribution in [0.5, 0.6) is 0 Å². The predicted octanol–water partition coefficient (Wildman–Crippen LogP) is 4.04. The summed E-state index contributed by atoms with van der Waals surface area (Å²) in [6.07, 6.45) is 2.83. The van der Waals surface area contributed by atoms with Crippen LogP contribution in [0.1, 0.15) is 13.3 Å². The second kappa shape index (κ2) is 7.21. The normalized spacial score (nSPS) is 10.5. The molecule has 2 rings (SSSR count). The van der Waals surface area contributed by atoms with Crippen LogP contribution in [0.15, 0.2) is 29.4 Å². The molecule has 0 saturated carbocycles. The molecule has 2 aromatic rings. The Labute approximate surface area is 126 Å². The van der Waals surface area contributed by atoms with Crippen LogP contribution < -0.4 is 10.6 Å². The fraction of sp³-hybridized carbons (Fsp3) is 0.286. The number of benzene rings is 1. The van der Waals surface area contributed by atoms with Gasteiger partial charge in [-0.15, -0.1) is 0 Å². The first kappa shape index (κ1) is 15.5. The largest absolute Gasteiger partial charge is 0.370 e. The van der Waals surface area contributed by atoms with Gasteiger partial charge in [-0.1, -0.05) is 18.7 Å². The molecule has 1 heterocycles. The van der Waals surface area contributed by atoms with E-state index in [4.69, 9.17) is 0 Å². The first-order chi connectivity index (χ1) is 10.1. The van der Waals surface area contributed by atoms with Gasteiger partial charge in [0, 0.05) is 18.7 Å². The van der Waals surface area contributed by atoms with E-state index in [0.29, 0.717) is 16.8 Å². The zero-order valence-corrected chi connectivity index (χ0v) is 12.6. The highest BCUT2D eigenvalue weighted by molar-refractivity contribution is 7.98. The van der Waals surface area contributed by atoms with Crippen LogP contribution in [-0.2, 0) is 0 Å². The van der Waals surface area contributed by atoms with Gasteiger partial charge in [-0.2, -0.15) is 0 Å². The van der Waals surface area contributed by atoms with Crippen molar-refractivity contribution in [3.63, 3.8) is 0 Å². The monoisotopic (exact) mass is 310 g/mol. The number of thioether (sulfide) groups is 1. The molecule has 0 atom stereocenters. The Morgan fingerprint density at radius 2 is 1.90 bits per heavy atom. The Kier molecular flexibility index (Phi) is 5.32. The maximum Gasteiger partial charge on any atom is 0.191 e. The zero-order chi connectivity index (χ0) is 15.2. The minimum absolute atomic E-state index is 0.170. The Morgan fingerprint density at radius 3 is 2.57 bits per heavy atom. The Hall–Kier alpha value is -1.89. The third-order valence-electron chi connectivity index (χ3n) is 2.64.